The Morgan fingerprint density at radius 2 is 2.14 bits per heavy atom. The van der Waals surface area contributed by atoms with Crippen molar-refractivity contribution in [1.82, 2.24) is 5.32 Å². The van der Waals surface area contributed by atoms with Crippen molar-refractivity contribution in [3.8, 4) is 0 Å². The predicted octanol–water partition coefficient (Wildman–Crippen LogP) is 0.741. The van der Waals surface area contributed by atoms with E-state index in [9.17, 15) is 13.2 Å². The number of rotatable bonds is 3. The fraction of sp³-hybridized carbons (Fsp3) is 0.533. The summed E-state index contributed by atoms with van der Waals surface area (Å²) in [4.78, 5) is 14.3. The zero-order chi connectivity index (χ0) is 15.0. The summed E-state index contributed by atoms with van der Waals surface area (Å²) < 4.78 is 22.8. The number of carbonyl (C=O) groups is 1. The molecule has 0 bridgehead atoms. The number of sulfone groups is 1. The molecule has 1 aromatic carbocycles. The van der Waals surface area contributed by atoms with Crippen LogP contribution in [0.15, 0.2) is 24.3 Å². The van der Waals surface area contributed by atoms with Crippen LogP contribution in [0.25, 0.3) is 0 Å². The molecule has 0 unspecified atom stereocenters. The van der Waals surface area contributed by atoms with Gasteiger partial charge in [-0.3, -0.25) is 4.79 Å². The molecule has 2 aliphatic heterocycles. The molecule has 0 spiro atoms. The van der Waals surface area contributed by atoms with Crippen LogP contribution in [0.3, 0.4) is 0 Å². The summed E-state index contributed by atoms with van der Waals surface area (Å²) in [5.74, 6) is 0.159. The van der Waals surface area contributed by atoms with E-state index in [0.717, 1.165) is 12.1 Å². The maximum atomic E-state index is 12.2. The largest absolute Gasteiger partial charge is 0.359 e. The second-order valence-electron chi connectivity index (χ2n) is 5.98. The van der Waals surface area contributed by atoms with E-state index in [2.05, 4.69) is 23.2 Å². The molecule has 2 aliphatic rings. The number of para-hydroxylation sites is 1. The van der Waals surface area contributed by atoms with Crippen molar-refractivity contribution in [2.45, 2.75) is 31.8 Å². The monoisotopic (exact) mass is 308 g/mol. The summed E-state index contributed by atoms with van der Waals surface area (Å²) >= 11 is 0. The average Bonchev–Trinajstić information content (AvgIpc) is 2.90. The van der Waals surface area contributed by atoms with Gasteiger partial charge >= 0.3 is 0 Å². The summed E-state index contributed by atoms with van der Waals surface area (Å²) in [6.45, 7) is 2.39. The van der Waals surface area contributed by atoms with Crippen molar-refractivity contribution in [1.29, 1.82) is 0 Å². The zero-order valence-electron chi connectivity index (χ0n) is 12.1. The molecule has 21 heavy (non-hydrogen) atoms. The molecule has 1 aromatic rings. The molecule has 5 nitrogen and oxygen atoms in total. The van der Waals surface area contributed by atoms with E-state index in [-0.39, 0.29) is 30.0 Å². The Labute approximate surface area is 125 Å². The predicted molar refractivity (Wildman–Crippen MR) is 82.2 cm³/mol. The molecule has 1 fully saturated rings. The average molecular weight is 308 g/mol. The quantitative estimate of drug-likeness (QED) is 0.894. The van der Waals surface area contributed by atoms with Crippen molar-refractivity contribution >= 4 is 21.4 Å². The van der Waals surface area contributed by atoms with Crippen LogP contribution in [-0.2, 0) is 21.1 Å². The van der Waals surface area contributed by atoms with Crippen molar-refractivity contribution in [2.24, 2.45) is 0 Å². The minimum absolute atomic E-state index is 0.0743. The van der Waals surface area contributed by atoms with Gasteiger partial charge in [0.05, 0.1) is 18.1 Å². The van der Waals surface area contributed by atoms with E-state index in [1.807, 2.05) is 18.2 Å². The first kappa shape index (κ1) is 14.4. The summed E-state index contributed by atoms with van der Waals surface area (Å²) in [5, 5.41) is 2.85. The SMILES string of the molecule is C[C@@H]1Cc2ccccc2N1CC(=O)N[C@H]1CCS(=O)(=O)C1. The van der Waals surface area contributed by atoms with Crippen LogP contribution >= 0.6 is 0 Å². The normalized spacial score (nSPS) is 26.6. The molecule has 2 atom stereocenters. The fourth-order valence-corrected chi connectivity index (χ4v) is 4.88. The van der Waals surface area contributed by atoms with Gasteiger partial charge in [0.2, 0.25) is 5.91 Å². The number of anilines is 1. The summed E-state index contributed by atoms with van der Waals surface area (Å²) in [6, 6.07) is 8.18. The first-order valence-corrected chi connectivity index (χ1v) is 9.11. The molecule has 1 saturated heterocycles. The maximum absolute atomic E-state index is 12.2. The fourth-order valence-electron chi connectivity index (χ4n) is 3.21. The number of hydrogen-bond donors (Lipinski definition) is 1. The molecule has 1 amide bonds. The van der Waals surface area contributed by atoms with E-state index < -0.39 is 9.84 Å². The minimum atomic E-state index is -2.96. The van der Waals surface area contributed by atoms with E-state index >= 15 is 0 Å². The van der Waals surface area contributed by atoms with E-state index in [4.69, 9.17) is 0 Å². The highest BCUT2D eigenvalue weighted by Gasteiger charge is 2.31. The molecule has 0 saturated carbocycles. The Morgan fingerprint density at radius 1 is 1.38 bits per heavy atom. The lowest BCUT2D eigenvalue weighted by molar-refractivity contribution is -0.120. The molecular weight excluding hydrogens is 288 g/mol. The molecule has 0 aromatic heterocycles. The lowest BCUT2D eigenvalue weighted by Crippen LogP contribution is -2.44. The van der Waals surface area contributed by atoms with Crippen LogP contribution < -0.4 is 10.2 Å². The Kier molecular flexibility index (Phi) is 3.65. The molecule has 6 heteroatoms. The minimum Gasteiger partial charge on any atom is -0.359 e. The van der Waals surface area contributed by atoms with Gasteiger partial charge in [0, 0.05) is 17.8 Å². The third-order valence-electron chi connectivity index (χ3n) is 4.26. The number of benzene rings is 1. The van der Waals surface area contributed by atoms with Crippen molar-refractivity contribution in [3.05, 3.63) is 29.8 Å². The second-order valence-corrected chi connectivity index (χ2v) is 8.21. The second kappa shape index (κ2) is 5.33. The van der Waals surface area contributed by atoms with Crippen LogP contribution in [0.2, 0.25) is 0 Å². The smallest absolute Gasteiger partial charge is 0.239 e. The maximum Gasteiger partial charge on any atom is 0.239 e. The molecule has 3 rings (SSSR count). The van der Waals surface area contributed by atoms with Crippen molar-refractivity contribution in [2.75, 3.05) is 23.0 Å². The van der Waals surface area contributed by atoms with Crippen LogP contribution in [0, 0.1) is 0 Å². The number of amides is 1. The van der Waals surface area contributed by atoms with Gasteiger partial charge in [0.25, 0.3) is 0 Å². The standard InChI is InChI=1S/C15H20N2O3S/c1-11-8-12-4-2-3-5-14(12)17(11)9-15(18)16-13-6-7-21(19,20)10-13/h2-5,11,13H,6-10H2,1H3,(H,16,18)/t11-,13+/m1/s1. The number of hydrogen-bond acceptors (Lipinski definition) is 4. The number of nitrogens with zero attached hydrogens (tertiary/aromatic N) is 1. The van der Waals surface area contributed by atoms with Crippen LogP contribution in [0.4, 0.5) is 5.69 Å². The van der Waals surface area contributed by atoms with Gasteiger partial charge in [0.1, 0.15) is 0 Å². The van der Waals surface area contributed by atoms with Gasteiger partial charge in [-0.05, 0) is 31.4 Å². The van der Waals surface area contributed by atoms with Crippen LogP contribution in [-0.4, -0.2) is 44.5 Å². The van der Waals surface area contributed by atoms with Gasteiger partial charge in [-0.15, -0.1) is 0 Å². The highest BCUT2D eigenvalue weighted by atomic mass is 32.2. The van der Waals surface area contributed by atoms with E-state index in [1.54, 1.807) is 0 Å². The first-order chi connectivity index (χ1) is 9.94. The van der Waals surface area contributed by atoms with Gasteiger partial charge < -0.3 is 10.2 Å². The molecule has 1 N–H and O–H groups in total. The Hall–Kier alpha value is -1.56. The Bertz CT molecular complexity index is 657. The van der Waals surface area contributed by atoms with Gasteiger partial charge in [-0.25, -0.2) is 8.42 Å². The Balaban J connectivity index is 1.63. The molecule has 114 valence electrons. The van der Waals surface area contributed by atoms with Crippen LogP contribution in [0.1, 0.15) is 18.9 Å². The topological polar surface area (TPSA) is 66.5 Å². The number of fused-ring (bicyclic) bond motifs is 1. The first-order valence-electron chi connectivity index (χ1n) is 7.29. The van der Waals surface area contributed by atoms with Gasteiger partial charge in [0.15, 0.2) is 9.84 Å². The lowest BCUT2D eigenvalue weighted by Gasteiger charge is -2.25. The molecule has 0 radical (unpaired) electrons. The number of nitrogens with one attached hydrogen (secondary N) is 1. The highest BCUT2D eigenvalue weighted by Crippen LogP contribution is 2.31. The van der Waals surface area contributed by atoms with Gasteiger partial charge in [-0.2, -0.15) is 0 Å². The zero-order valence-corrected chi connectivity index (χ0v) is 12.9. The van der Waals surface area contributed by atoms with Crippen molar-refractivity contribution in [3.63, 3.8) is 0 Å². The molecular formula is C15H20N2O3S. The summed E-state index contributed by atoms with van der Waals surface area (Å²) in [7, 11) is -2.96. The highest BCUT2D eigenvalue weighted by molar-refractivity contribution is 7.91. The van der Waals surface area contributed by atoms with Crippen LogP contribution in [0.5, 0.6) is 0 Å². The van der Waals surface area contributed by atoms with Crippen molar-refractivity contribution < 1.29 is 13.2 Å². The van der Waals surface area contributed by atoms with Gasteiger partial charge in [-0.1, -0.05) is 18.2 Å². The molecule has 0 aliphatic carbocycles. The Morgan fingerprint density at radius 3 is 2.86 bits per heavy atom. The molecule has 2 heterocycles. The van der Waals surface area contributed by atoms with E-state index in [1.165, 1.54) is 5.56 Å². The number of carbonyl (C=O) groups excluding carboxylic acids is 1. The van der Waals surface area contributed by atoms with E-state index in [0.29, 0.717) is 12.5 Å². The third-order valence-corrected chi connectivity index (χ3v) is 6.03. The lowest BCUT2D eigenvalue weighted by atomic mass is 10.1. The summed E-state index contributed by atoms with van der Waals surface area (Å²) in [6.07, 6.45) is 1.47. The summed E-state index contributed by atoms with van der Waals surface area (Å²) in [5.41, 5.74) is 2.38. The third kappa shape index (κ3) is 3.05.